The van der Waals surface area contributed by atoms with Crippen LogP contribution in [0.15, 0.2) is 41.1 Å². The monoisotopic (exact) mass is 418 g/mol. The van der Waals surface area contributed by atoms with Gasteiger partial charge in [0.1, 0.15) is 5.25 Å². The lowest BCUT2D eigenvalue weighted by Crippen LogP contribution is -2.58. The predicted octanol–water partition coefficient (Wildman–Crippen LogP) is 2.72. The first-order valence-corrected chi connectivity index (χ1v) is 9.13. The lowest BCUT2D eigenvalue weighted by Gasteiger charge is -2.36. The van der Waals surface area contributed by atoms with Gasteiger partial charge in [-0.15, -0.1) is 0 Å². The maximum Gasteiger partial charge on any atom is 0.430 e. The molecule has 5 nitrogen and oxygen atoms in total. The second kappa shape index (κ2) is 7.06. The van der Waals surface area contributed by atoms with Crippen molar-refractivity contribution < 1.29 is 39.9 Å². The lowest BCUT2D eigenvalue weighted by molar-refractivity contribution is -0.351. The highest BCUT2D eigenvalue weighted by atomic mass is 32.2. The van der Waals surface area contributed by atoms with Gasteiger partial charge in [-0.25, -0.2) is 8.42 Å². The molecule has 0 aromatic rings. The van der Waals surface area contributed by atoms with E-state index in [0.29, 0.717) is 12.2 Å². The Morgan fingerprint density at radius 1 is 1.15 bits per heavy atom. The third kappa shape index (κ3) is 3.83. The standard InChI is InChI=1S/C15H16F6N2O3S/c1-23(27(25,26)12-3-2-8-22-9-12)11-6-4-10(5-7-11)13(24,14(16,17)18)15(19,20)21/h2,4-6,8-9,11-12,24H,3,7H2,1H3. The van der Waals surface area contributed by atoms with Gasteiger partial charge < -0.3 is 5.11 Å². The topological polar surface area (TPSA) is 70.0 Å². The molecule has 2 atom stereocenters. The zero-order valence-corrected chi connectivity index (χ0v) is 14.7. The molecular weight excluding hydrogens is 402 g/mol. The van der Waals surface area contributed by atoms with E-state index in [2.05, 4.69) is 4.99 Å². The lowest BCUT2D eigenvalue weighted by atomic mass is 9.87. The molecule has 2 unspecified atom stereocenters. The molecule has 1 N–H and O–H groups in total. The number of halogens is 6. The Hall–Kier alpha value is -1.66. The summed E-state index contributed by atoms with van der Waals surface area (Å²) in [5.74, 6) is 0. The average Bonchev–Trinajstić information content (AvgIpc) is 2.59. The first-order chi connectivity index (χ1) is 12.2. The van der Waals surface area contributed by atoms with Crippen molar-refractivity contribution in [3.8, 4) is 0 Å². The third-order valence-electron chi connectivity index (χ3n) is 4.38. The second-order valence-electron chi connectivity index (χ2n) is 6.05. The van der Waals surface area contributed by atoms with Crippen molar-refractivity contribution in [2.45, 2.75) is 42.1 Å². The first-order valence-electron chi connectivity index (χ1n) is 7.62. The largest absolute Gasteiger partial charge is 0.430 e. The minimum atomic E-state index is -5.99. The molecule has 0 aromatic heterocycles. The van der Waals surface area contributed by atoms with E-state index in [1.54, 1.807) is 0 Å². The van der Waals surface area contributed by atoms with Crippen LogP contribution in [0, 0.1) is 0 Å². The van der Waals surface area contributed by atoms with Crippen molar-refractivity contribution in [2.24, 2.45) is 4.99 Å². The molecule has 2 rings (SSSR count). The van der Waals surface area contributed by atoms with Gasteiger partial charge in [0.2, 0.25) is 10.0 Å². The summed E-state index contributed by atoms with van der Waals surface area (Å²) in [5, 5.41) is 8.39. The number of nitrogens with zero attached hydrogens (tertiary/aromatic N) is 2. The quantitative estimate of drug-likeness (QED) is 0.714. The molecule has 0 spiro atoms. The fraction of sp³-hybridized carbons (Fsp3) is 0.533. The smallest absolute Gasteiger partial charge is 0.370 e. The molecule has 1 aliphatic carbocycles. The van der Waals surface area contributed by atoms with E-state index in [4.69, 9.17) is 0 Å². The summed E-state index contributed by atoms with van der Waals surface area (Å²) in [6.45, 7) is 0. The highest BCUT2D eigenvalue weighted by Crippen LogP contribution is 2.48. The molecule has 0 amide bonds. The second-order valence-corrected chi connectivity index (χ2v) is 8.26. The number of sulfonamides is 1. The first kappa shape index (κ1) is 21.6. The minimum absolute atomic E-state index is 0.148. The van der Waals surface area contributed by atoms with Crippen LogP contribution in [0.4, 0.5) is 26.3 Å². The van der Waals surface area contributed by atoms with Gasteiger partial charge in [-0.3, -0.25) is 4.99 Å². The van der Waals surface area contributed by atoms with Gasteiger partial charge in [-0.05, 0) is 18.4 Å². The molecule has 0 fully saturated rings. The molecule has 152 valence electrons. The van der Waals surface area contributed by atoms with Gasteiger partial charge >= 0.3 is 12.4 Å². The van der Waals surface area contributed by atoms with E-state index in [9.17, 15) is 39.9 Å². The van der Waals surface area contributed by atoms with Crippen molar-refractivity contribution in [2.75, 3.05) is 7.05 Å². The Balaban J connectivity index is 2.25. The van der Waals surface area contributed by atoms with Crippen LogP contribution in [0.5, 0.6) is 0 Å². The van der Waals surface area contributed by atoms with Gasteiger partial charge in [-0.1, -0.05) is 24.3 Å². The number of aliphatic hydroxyl groups is 1. The zero-order valence-electron chi connectivity index (χ0n) is 13.9. The Morgan fingerprint density at radius 2 is 1.74 bits per heavy atom. The number of hydrogen-bond donors (Lipinski definition) is 1. The Labute approximate surface area is 151 Å². The minimum Gasteiger partial charge on any atom is -0.370 e. The van der Waals surface area contributed by atoms with Crippen molar-refractivity contribution in [1.29, 1.82) is 0 Å². The number of aliphatic imine (C=N–C) groups is 1. The zero-order chi connectivity index (χ0) is 20.7. The van der Waals surface area contributed by atoms with Gasteiger partial charge in [0.25, 0.3) is 5.60 Å². The number of alkyl halides is 6. The SMILES string of the molecule is CN(C1C=CC(C(O)(C(F)(F)F)C(F)(F)F)=CC1)S(=O)(=O)C1C=NC=CC1. The molecule has 2 aliphatic rings. The van der Waals surface area contributed by atoms with Crippen molar-refractivity contribution >= 4 is 16.2 Å². The van der Waals surface area contributed by atoms with Crippen molar-refractivity contribution in [1.82, 2.24) is 4.31 Å². The van der Waals surface area contributed by atoms with Crippen LogP contribution in [0.25, 0.3) is 0 Å². The molecule has 1 heterocycles. The van der Waals surface area contributed by atoms with E-state index in [-0.39, 0.29) is 6.42 Å². The summed E-state index contributed by atoms with van der Waals surface area (Å²) in [5.41, 5.74) is -6.42. The summed E-state index contributed by atoms with van der Waals surface area (Å²) < 4.78 is 103. The predicted molar refractivity (Wildman–Crippen MR) is 85.4 cm³/mol. The van der Waals surface area contributed by atoms with Crippen LogP contribution in [0.3, 0.4) is 0 Å². The van der Waals surface area contributed by atoms with Gasteiger partial charge in [0, 0.05) is 25.5 Å². The summed E-state index contributed by atoms with van der Waals surface area (Å²) in [7, 11) is -2.75. The van der Waals surface area contributed by atoms with Crippen LogP contribution >= 0.6 is 0 Å². The maximum absolute atomic E-state index is 12.9. The van der Waals surface area contributed by atoms with Gasteiger partial charge in [0.15, 0.2) is 0 Å². The maximum atomic E-state index is 12.9. The molecular formula is C15H16F6N2O3S. The summed E-state index contributed by atoms with van der Waals surface area (Å²) >= 11 is 0. The van der Waals surface area contributed by atoms with Crippen molar-refractivity contribution in [3.63, 3.8) is 0 Å². The number of allylic oxidation sites excluding steroid dienone is 1. The Kier molecular flexibility index (Phi) is 5.66. The van der Waals surface area contributed by atoms with E-state index >= 15 is 0 Å². The fourth-order valence-electron chi connectivity index (χ4n) is 2.70. The highest BCUT2D eigenvalue weighted by molar-refractivity contribution is 7.90. The van der Waals surface area contributed by atoms with Crippen LogP contribution in [0.1, 0.15) is 12.8 Å². The summed E-state index contributed by atoms with van der Waals surface area (Å²) in [6, 6.07) is -0.997. The van der Waals surface area contributed by atoms with Gasteiger partial charge in [-0.2, -0.15) is 30.6 Å². The van der Waals surface area contributed by atoms with Gasteiger partial charge in [0.05, 0.1) is 0 Å². The molecule has 0 aromatic carbocycles. The van der Waals surface area contributed by atoms with E-state index in [1.807, 2.05) is 0 Å². The van der Waals surface area contributed by atoms with Crippen LogP contribution < -0.4 is 0 Å². The summed E-state index contributed by atoms with van der Waals surface area (Å²) in [4.78, 5) is 3.73. The van der Waals surface area contributed by atoms with Crippen molar-refractivity contribution in [3.05, 3.63) is 36.1 Å². The third-order valence-corrected chi connectivity index (χ3v) is 6.53. The normalized spacial score (nSPS) is 24.4. The number of likely N-dealkylation sites (N-methyl/N-ethyl adjacent to an activating group) is 1. The molecule has 0 bridgehead atoms. The molecule has 0 saturated heterocycles. The van der Waals surface area contributed by atoms with E-state index in [1.165, 1.54) is 25.5 Å². The van der Waals surface area contributed by atoms with E-state index in [0.717, 1.165) is 10.4 Å². The highest BCUT2D eigenvalue weighted by Gasteiger charge is 2.71. The molecule has 0 radical (unpaired) electrons. The molecule has 1 aliphatic heterocycles. The van der Waals surface area contributed by atoms with Crippen LogP contribution in [-0.2, 0) is 10.0 Å². The van der Waals surface area contributed by atoms with Crippen LogP contribution in [0.2, 0.25) is 0 Å². The number of hydrogen-bond acceptors (Lipinski definition) is 4. The molecule has 27 heavy (non-hydrogen) atoms. The van der Waals surface area contributed by atoms with E-state index < -0.39 is 51.3 Å². The fourth-order valence-corrected chi connectivity index (χ4v) is 4.24. The molecule has 12 heteroatoms. The van der Waals surface area contributed by atoms with Crippen LogP contribution in [-0.4, -0.2) is 60.3 Å². The Bertz CT molecular complexity index is 781. The molecule has 0 saturated carbocycles. The summed E-state index contributed by atoms with van der Waals surface area (Å²) in [6.07, 6.45) is -6.26. The Morgan fingerprint density at radius 3 is 2.15 bits per heavy atom. The average molecular weight is 418 g/mol. The number of rotatable bonds is 4.